The van der Waals surface area contributed by atoms with Gasteiger partial charge in [0, 0.05) is 11.8 Å². The second-order valence-electron chi connectivity index (χ2n) is 4.17. The van der Waals surface area contributed by atoms with Crippen molar-refractivity contribution in [1.82, 2.24) is 10.2 Å². The fraction of sp³-hybridized carbons (Fsp3) is 0. The summed E-state index contributed by atoms with van der Waals surface area (Å²) in [6.07, 6.45) is 0. The first kappa shape index (κ1) is 14.9. The largest absolute Gasteiger partial charge is 0.478 e. The van der Waals surface area contributed by atoms with E-state index in [2.05, 4.69) is 15.5 Å². The van der Waals surface area contributed by atoms with Crippen LogP contribution >= 0.6 is 0 Å². The molecule has 4 N–H and O–H groups in total. The molecule has 1 amide bonds. The highest BCUT2D eigenvalue weighted by atomic mass is 16.4. The molecule has 2 rings (SSSR count). The van der Waals surface area contributed by atoms with E-state index < -0.39 is 23.4 Å². The number of carboxylic acid groups (broad SMARTS) is 2. The lowest BCUT2D eigenvalue weighted by Gasteiger charge is -2.07. The number of rotatable bonds is 4. The molecule has 0 bridgehead atoms. The van der Waals surface area contributed by atoms with Crippen molar-refractivity contribution in [3.05, 3.63) is 57.5 Å². The number of benzene rings is 1. The lowest BCUT2D eigenvalue weighted by molar-refractivity contribution is 0.0696. The minimum absolute atomic E-state index is 0.0182. The average Bonchev–Trinajstić information content (AvgIpc) is 2.47. The Labute approximate surface area is 122 Å². The summed E-state index contributed by atoms with van der Waals surface area (Å²) in [5.41, 5.74) is -1.20. The van der Waals surface area contributed by atoms with E-state index in [9.17, 15) is 19.2 Å². The first-order valence-electron chi connectivity index (χ1n) is 5.85. The molecule has 0 atom stereocenters. The van der Waals surface area contributed by atoms with Crippen molar-refractivity contribution in [3.63, 3.8) is 0 Å². The van der Waals surface area contributed by atoms with Gasteiger partial charge in [-0.15, -0.1) is 0 Å². The number of anilines is 1. The molecule has 22 heavy (non-hydrogen) atoms. The minimum Gasteiger partial charge on any atom is -0.478 e. The van der Waals surface area contributed by atoms with Gasteiger partial charge in [0.2, 0.25) is 0 Å². The van der Waals surface area contributed by atoms with E-state index in [1.807, 2.05) is 0 Å². The highest BCUT2D eigenvalue weighted by molar-refractivity contribution is 6.04. The molecule has 9 nitrogen and oxygen atoms in total. The summed E-state index contributed by atoms with van der Waals surface area (Å²) in [5.74, 6) is -3.39. The molecule has 1 heterocycles. The van der Waals surface area contributed by atoms with Gasteiger partial charge in [-0.2, -0.15) is 5.10 Å². The molecule has 1 aromatic heterocycles. The van der Waals surface area contributed by atoms with E-state index in [0.717, 1.165) is 24.3 Å². The zero-order valence-corrected chi connectivity index (χ0v) is 10.9. The summed E-state index contributed by atoms with van der Waals surface area (Å²) in [6.45, 7) is 0. The first-order chi connectivity index (χ1) is 10.4. The third kappa shape index (κ3) is 3.33. The van der Waals surface area contributed by atoms with Crippen LogP contribution < -0.4 is 10.9 Å². The monoisotopic (exact) mass is 303 g/mol. The van der Waals surface area contributed by atoms with Crippen LogP contribution in [0.15, 0.2) is 35.1 Å². The van der Waals surface area contributed by atoms with Crippen molar-refractivity contribution in [2.75, 3.05) is 5.32 Å². The molecule has 112 valence electrons. The summed E-state index contributed by atoms with van der Waals surface area (Å²) in [5, 5.41) is 25.8. The van der Waals surface area contributed by atoms with Gasteiger partial charge in [0.05, 0.1) is 11.1 Å². The highest BCUT2D eigenvalue weighted by Crippen LogP contribution is 2.16. The summed E-state index contributed by atoms with van der Waals surface area (Å²) in [6, 6.07) is 5.46. The number of aromatic carboxylic acids is 2. The molecule has 0 aliphatic rings. The second kappa shape index (κ2) is 5.87. The van der Waals surface area contributed by atoms with E-state index >= 15 is 0 Å². The molecule has 0 spiro atoms. The van der Waals surface area contributed by atoms with Crippen molar-refractivity contribution in [2.24, 2.45) is 0 Å². The molecule has 2 aromatic rings. The van der Waals surface area contributed by atoms with Crippen LogP contribution in [0.1, 0.15) is 31.2 Å². The van der Waals surface area contributed by atoms with Crippen molar-refractivity contribution < 1.29 is 24.6 Å². The maximum absolute atomic E-state index is 11.9. The third-order valence-electron chi connectivity index (χ3n) is 2.60. The van der Waals surface area contributed by atoms with Crippen LogP contribution in [0.25, 0.3) is 0 Å². The predicted molar refractivity (Wildman–Crippen MR) is 73.2 cm³/mol. The maximum atomic E-state index is 11.9. The van der Waals surface area contributed by atoms with E-state index in [4.69, 9.17) is 10.2 Å². The number of aromatic nitrogens is 2. The Kier molecular flexibility index (Phi) is 3.98. The Morgan fingerprint density at radius 2 is 1.59 bits per heavy atom. The summed E-state index contributed by atoms with van der Waals surface area (Å²) < 4.78 is 0. The third-order valence-corrected chi connectivity index (χ3v) is 2.60. The Bertz CT molecular complexity index is 774. The number of aromatic amines is 1. The Morgan fingerprint density at radius 1 is 1.00 bits per heavy atom. The van der Waals surface area contributed by atoms with Crippen molar-refractivity contribution in [3.8, 4) is 0 Å². The van der Waals surface area contributed by atoms with Crippen LogP contribution in [0.5, 0.6) is 0 Å². The summed E-state index contributed by atoms with van der Waals surface area (Å²) in [7, 11) is 0. The van der Waals surface area contributed by atoms with Gasteiger partial charge < -0.3 is 15.5 Å². The van der Waals surface area contributed by atoms with Gasteiger partial charge in [0.1, 0.15) is 5.69 Å². The summed E-state index contributed by atoms with van der Waals surface area (Å²) >= 11 is 0. The zero-order chi connectivity index (χ0) is 16.3. The standard InChI is InChI=1S/C13H9N3O6/c17-10-2-1-9(15-16-10)11(18)14-8-4-6(12(19)20)3-7(5-8)13(21)22/h1-5H,(H,14,18)(H,16,17)(H,19,20)(H,21,22). The predicted octanol–water partition coefficient (Wildman–Crippen LogP) is 0.419. The number of nitrogens with zero attached hydrogens (tertiary/aromatic N) is 1. The minimum atomic E-state index is -1.33. The molecule has 9 heteroatoms. The fourth-order valence-corrected chi connectivity index (χ4v) is 1.61. The van der Waals surface area contributed by atoms with Crippen molar-refractivity contribution >= 4 is 23.5 Å². The quantitative estimate of drug-likeness (QED) is 0.639. The van der Waals surface area contributed by atoms with E-state index in [1.54, 1.807) is 0 Å². The Hall–Kier alpha value is -3.49. The number of H-pyrrole nitrogens is 1. The first-order valence-corrected chi connectivity index (χ1v) is 5.85. The van der Waals surface area contributed by atoms with Gasteiger partial charge >= 0.3 is 11.9 Å². The number of carboxylic acids is 2. The van der Waals surface area contributed by atoms with Gasteiger partial charge in [-0.3, -0.25) is 9.59 Å². The highest BCUT2D eigenvalue weighted by Gasteiger charge is 2.14. The molecule has 0 unspecified atom stereocenters. The number of carbonyl (C=O) groups is 3. The van der Waals surface area contributed by atoms with Gasteiger partial charge in [-0.05, 0) is 24.3 Å². The number of nitrogens with one attached hydrogen (secondary N) is 2. The number of hydrogen-bond acceptors (Lipinski definition) is 5. The molecule has 0 fully saturated rings. The van der Waals surface area contributed by atoms with Gasteiger partial charge in [0.15, 0.2) is 0 Å². The van der Waals surface area contributed by atoms with Gasteiger partial charge in [0.25, 0.3) is 11.5 Å². The van der Waals surface area contributed by atoms with Crippen LogP contribution in [-0.4, -0.2) is 38.3 Å². The topological polar surface area (TPSA) is 149 Å². The van der Waals surface area contributed by atoms with Gasteiger partial charge in [-0.1, -0.05) is 0 Å². The zero-order valence-electron chi connectivity index (χ0n) is 10.9. The summed E-state index contributed by atoms with van der Waals surface area (Å²) in [4.78, 5) is 44.7. The van der Waals surface area contributed by atoms with E-state index in [1.165, 1.54) is 6.07 Å². The molecular formula is C13H9N3O6. The molecule has 0 aliphatic heterocycles. The normalized spacial score (nSPS) is 10.0. The second-order valence-corrected chi connectivity index (χ2v) is 4.17. The maximum Gasteiger partial charge on any atom is 0.335 e. The van der Waals surface area contributed by atoms with E-state index in [0.29, 0.717) is 0 Å². The molecule has 0 saturated heterocycles. The lowest BCUT2D eigenvalue weighted by atomic mass is 10.1. The number of amides is 1. The molecule has 0 radical (unpaired) electrons. The Balaban J connectivity index is 2.33. The molecule has 1 aromatic carbocycles. The van der Waals surface area contributed by atoms with Crippen molar-refractivity contribution in [1.29, 1.82) is 0 Å². The lowest BCUT2D eigenvalue weighted by Crippen LogP contribution is -2.18. The van der Waals surface area contributed by atoms with Crippen LogP contribution in [0.4, 0.5) is 5.69 Å². The fourth-order valence-electron chi connectivity index (χ4n) is 1.61. The average molecular weight is 303 g/mol. The van der Waals surface area contributed by atoms with Crippen LogP contribution in [0, 0.1) is 0 Å². The smallest absolute Gasteiger partial charge is 0.335 e. The van der Waals surface area contributed by atoms with Crippen LogP contribution in [0.3, 0.4) is 0 Å². The molecular weight excluding hydrogens is 294 g/mol. The van der Waals surface area contributed by atoms with Crippen LogP contribution in [0.2, 0.25) is 0 Å². The number of carbonyl (C=O) groups excluding carboxylic acids is 1. The van der Waals surface area contributed by atoms with Crippen molar-refractivity contribution in [2.45, 2.75) is 0 Å². The SMILES string of the molecule is O=C(O)c1cc(NC(=O)c2ccc(=O)[nH]n2)cc(C(=O)O)c1. The van der Waals surface area contributed by atoms with Gasteiger partial charge in [-0.25, -0.2) is 14.7 Å². The Morgan fingerprint density at radius 3 is 2.05 bits per heavy atom. The molecule has 0 aliphatic carbocycles. The van der Waals surface area contributed by atoms with Crippen LogP contribution in [-0.2, 0) is 0 Å². The molecule has 0 saturated carbocycles. The van der Waals surface area contributed by atoms with E-state index in [-0.39, 0.29) is 22.5 Å². The number of hydrogen-bond donors (Lipinski definition) is 4.